The van der Waals surface area contributed by atoms with Gasteiger partial charge < -0.3 is 15.3 Å². The molecule has 1 saturated heterocycles. The Bertz CT molecular complexity index is 552. The van der Waals surface area contributed by atoms with Gasteiger partial charge in [-0.05, 0) is 12.1 Å². The van der Waals surface area contributed by atoms with Gasteiger partial charge in [-0.3, -0.25) is 9.59 Å². The van der Waals surface area contributed by atoms with Crippen LogP contribution in [0.2, 0.25) is 0 Å². The van der Waals surface area contributed by atoms with E-state index in [0.717, 1.165) is 4.90 Å². The van der Waals surface area contributed by atoms with Crippen molar-refractivity contribution in [3.05, 3.63) is 30.3 Å². The van der Waals surface area contributed by atoms with Gasteiger partial charge in [0.2, 0.25) is 0 Å². The monoisotopic (exact) mass is 316 g/mol. The Morgan fingerprint density at radius 1 is 1.14 bits per heavy atom. The first-order valence-electron chi connectivity index (χ1n) is 6.67. The number of piperidine rings is 1. The van der Waals surface area contributed by atoms with Gasteiger partial charge in [-0.2, -0.15) is 13.2 Å². The Morgan fingerprint density at radius 3 is 2.18 bits per heavy atom. The van der Waals surface area contributed by atoms with Gasteiger partial charge in [0, 0.05) is 31.6 Å². The summed E-state index contributed by atoms with van der Waals surface area (Å²) in [7, 11) is 0. The van der Waals surface area contributed by atoms with Crippen LogP contribution in [0.3, 0.4) is 0 Å². The van der Waals surface area contributed by atoms with Crippen molar-refractivity contribution in [1.29, 1.82) is 0 Å². The van der Waals surface area contributed by atoms with Crippen molar-refractivity contribution in [1.82, 2.24) is 4.90 Å². The Balaban J connectivity index is 1.94. The SMILES string of the molecule is O=C(Nc1ccccc1)C(=O)N1CCC(O)(C(F)(F)F)CC1. The third-order valence-electron chi connectivity index (χ3n) is 3.63. The van der Waals surface area contributed by atoms with E-state index in [9.17, 15) is 27.9 Å². The van der Waals surface area contributed by atoms with Gasteiger partial charge in [0.1, 0.15) is 0 Å². The van der Waals surface area contributed by atoms with E-state index in [0.29, 0.717) is 5.69 Å². The van der Waals surface area contributed by atoms with Gasteiger partial charge in [0.15, 0.2) is 5.60 Å². The number of nitrogens with one attached hydrogen (secondary N) is 1. The highest BCUT2D eigenvalue weighted by molar-refractivity contribution is 6.39. The number of carbonyl (C=O) groups is 2. The van der Waals surface area contributed by atoms with E-state index in [-0.39, 0.29) is 13.1 Å². The van der Waals surface area contributed by atoms with Gasteiger partial charge in [-0.1, -0.05) is 18.2 Å². The fraction of sp³-hybridized carbons (Fsp3) is 0.429. The van der Waals surface area contributed by atoms with Gasteiger partial charge >= 0.3 is 18.0 Å². The number of rotatable bonds is 1. The molecule has 2 rings (SSSR count). The number of likely N-dealkylation sites (tertiary alicyclic amines) is 1. The van der Waals surface area contributed by atoms with Crippen molar-refractivity contribution in [2.24, 2.45) is 0 Å². The summed E-state index contributed by atoms with van der Waals surface area (Å²) < 4.78 is 38.0. The third kappa shape index (κ3) is 3.38. The Labute approximate surface area is 124 Å². The molecule has 5 nitrogen and oxygen atoms in total. The van der Waals surface area contributed by atoms with Crippen LogP contribution in [0.4, 0.5) is 18.9 Å². The highest BCUT2D eigenvalue weighted by Crippen LogP contribution is 2.38. The molecule has 0 unspecified atom stereocenters. The molecule has 0 radical (unpaired) electrons. The van der Waals surface area contributed by atoms with E-state index < -0.39 is 36.4 Å². The molecule has 0 bridgehead atoms. The molecule has 1 aliphatic heterocycles. The quantitative estimate of drug-likeness (QED) is 0.772. The zero-order chi connectivity index (χ0) is 16.4. The Morgan fingerprint density at radius 2 is 1.68 bits per heavy atom. The summed E-state index contributed by atoms with van der Waals surface area (Å²) >= 11 is 0. The lowest BCUT2D eigenvalue weighted by atomic mass is 9.91. The molecule has 0 aliphatic carbocycles. The van der Waals surface area contributed by atoms with Crippen LogP contribution in [0, 0.1) is 0 Å². The van der Waals surface area contributed by atoms with Crippen molar-refractivity contribution >= 4 is 17.5 Å². The molecule has 2 N–H and O–H groups in total. The van der Waals surface area contributed by atoms with Crippen molar-refractivity contribution in [3.63, 3.8) is 0 Å². The molecule has 0 atom stereocenters. The molecule has 1 fully saturated rings. The van der Waals surface area contributed by atoms with Crippen LogP contribution in [0.25, 0.3) is 0 Å². The van der Waals surface area contributed by atoms with Crippen LogP contribution in [0.15, 0.2) is 30.3 Å². The maximum atomic E-state index is 12.7. The van der Waals surface area contributed by atoms with E-state index in [4.69, 9.17) is 0 Å². The van der Waals surface area contributed by atoms with E-state index >= 15 is 0 Å². The molecule has 1 aliphatic rings. The van der Waals surface area contributed by atoms with Gasteiger partial charge in [-0.15, -0.1) is 0 Å². The Hall–Kier alpha value is -2.09. The molecule has 1 heterocycles. The van der Waals surface area contributed by atoms with Crippen molar-refractivity contribution < 1.29 is 27.9 Å². The number of nitrogens with zero attached hydrogens (tertiary/aromatic N) is 1. The summed E-state index contributed by atoms with van der Waals surface area (Å²) in [5.74, 6) is -1.82. The average molecular weight is 316 g/mol. The fourth-order valence-corrected chi connectivity index (χ4v) is 2.21. The minimum absolute atomic E-state index is 0.322. The number of halogens is 3. The molecule has 0 aromatic heterocycles. The summed E-state index contributed by atoms with van der Waals surface area (Å²) in [6, 6.07) is 8.25. The highest BCUT2D eigenvalue weighted by Gasteiger charge is 2.55. The average Bonchev–Trinajstić information content (AvgIpc) is 2.47. The normalized spacial score (nSPS) is 17.9. The molecule has 8 heteroatoms. The topological polar surface area (TPSA) is 69.6 Å². The number of hydrogen-bond acceptors (Lipinski definition) is 3. The number of benzene rings is 1. The molecule has 0 spiro atoms. The summed E-state index contributed by atoms with van der Waals surface area (Å²) in [5.41, 5.74) is -2.37. The summed E-state index contributed by atoms with van der Waals surface area (Å²) in [5, 5.41) is 11.9. The zero-order valence-electron chi connectivity index (χ0n) is 11.6. The third-order valence-corrected chi connectivity index (χ3v) is 3.63. The van der Waals surface area contributed by atoms with Crippen LogP contribution in [-0.2, 0) is 9.59 Å². The first-order valence-corrected chi connectivity index (χ1v) is 6.67. The number of para-hydroxylation sites is 1. The molecular weight excluding hydrogens is 301 g/mol. The van der Waals surface area contributed by atoms with Crippen LogP contribution in [-0.4, -0.2) is 46.7 Å². The lowest BCUT2D eigenvalue weighted by Gasteiger charge is -2.38. The van der Waals surface area contributed by atoms with E-state index in [1.807, 2.05) is 0 Å². The molecule has 1 aromatic rings. The van der Waals surface area contributed by atoms with E-state index in [1.165, 1.54) is 0 Å². The fourth-order valence-electron chi connectivity index (χ4n) is 2.21. The van der Waals surface area contributed by atoms with Crippen molar-refractivity contribution in [2.45, 2.75) is 24.6 Å². The van der Waals surface area contributed by atoms with E-state index in [2.05, 4.69) is 5.32 Å². The van der Waals surface area contributed by atoms with Gasteiger partial charge in [-0.25, -0.2) is 0 Å². The standard InChI is InChI=1S/C14H15F3N2O3/c15-14(16,17)13(22)6-8-19(9-7-13)12(21)11(20)18-10-4-2-1-3-5-10/h1-5,22H,6-9H2,(H,18,20). The molecule has 0 saturated carbocycles. The van der Waals surface area contributed by atoms with Crippen LogP contribution >= 0.6 is 0 Å². The smallest absolute Gasteiger partial charge is 0.380 e. The number of alkyl halides is 3. The van der Waals surface area contributed by atoms with Gasteiger partial charge in [0.05, 0.1) is 0 Å². The minimum Gasteiger partial charge on any atom is -0.380 e. The molecule has 22 heavy (non-hydrogen) atoms. The minimum atomic E-state index is -4.74. The second kappa shape index (κ2) is 5.96. The van der Waals surface area contributed by atoms with Crippen molar-refractivity contribution in [2.75, 3.05) is 18.4 Å². The maximum absolute atomic E-state index is 12.7. The van der Waals surface area contributed by atoms with Crippen molar-refractivity contribution in [3.8, 4) is 0 Å². The molecule has 1 aromatic carbocycles. The molecule has 120 valence electrons. The van der Waals surface area contributed by atoms with Crippen LogP contribution in [0.1, 0.15) is 12.8 Å². The molecule has 2 amide bonds. The van der Waals surface area contributed by atoms with Crippen LogP contribution in [0.5, 0.6) is 0 Å². The van der Waals surface area contributed by atoms with Crippen LogP contribution < -0.4 is 5.32 Å². The summed E-state index contributed by atoms with van der Waals surface area (Å²) in [4.78, 5) is 24.7. The largest absolute Gasteiger partial charge is 0.417 e. The summed E-state index contributed by atoms with van der Waals surface area (Å²) in [6.07, 6.45) is -6.02. The number of carbonyl (C=O) groups excluding carboxylic acids is 2. The number of aliphatic hydroxyl groups is 1. The van der Waals surface area contributed by atoms with Gasteiger partial charge in [0.25, 0.3) is 0 Å². The maximum Gasteiger partial charge on any atom is 0.417 e. The Kier molecular flexibility index (Phi) is 4.41. The molecular formula is C14H15F3N2O3. The number of anilines is 1. The van der Waals surface area contributed by atoms with E-state index in [1.54, 1.807) is 30.3 Å². The second-order valence-corrected chi connectivity index (χ2v) is 5.14. The first-order chi connectivity index (χ1) is 10.2. The number of hydrogen-bond donors (Lipinski definition) is 2. The number of amides is 2. The zero-order valence-corrected chi connectivity index (χ0v) is 11.6. The predicted molar refractivity (Wildman–Crippen MR) is 71.9 cm³/mol. The highest BCUT2D eigenvalue weighted by atomic mass is 19.4. The second-order valence-electron chi connectivity index (χ2n) is 5.14. The lowest BCUT2D eigenvalue weighted by Crippen LogP contribution is -2.55. The first kappa shape index (κ1) is 16.3. The predicted octanol–water partition coefficient (Wildman–Crippen LogP) is 1.54. The lowest BCUT2D eigenvalue weighted by molar-refractivity contribution is -0.271. The summed E-state index contributed by atoms with van der Waals surface area (Å²) in [6.45, 7) is -0.645.